The van der Waals surface area contributed by atoms with Gasteiger partial charge in [0.15, 0.2) is 0 Å². The molecule has 2 nitrogen and oxygen atoms in total. The van der Waals surface area contributed by atoms with Crippen LogP contribution in [-0.4, -0.2) is 9.55 Å². The predicted octanol–water partition coefficient (Wildman–Crippen LogP) is 11.6. The third-order valence-electron chi connectivity index (χ3n) is 11.2. The lowest BCUT2D eigenvalue weighted by molar-refractivity contribution is 0.802. The highest BCUT2D eigenvalue weighted by molar-refractivity contribution is 6.11. The minimum atomic E-state index is -0.400. The van der Waals surface area contributed by atoms with Gasteiger partial charge in [0.25, 0.3) is 0 Å². The number of rotatable bonds is 2. The summed E-state index contributed by atoms with van der Waals surface area (Å²) in [4.78, 5) is 4.99. The van der Waals surface area contributed by atoms with E-state index in [1.54, 1.807) is 0 Å². The highest BCUT2D eigenvalue weighted by Gasteiger charge is 2.52. The van der Waals surface area contributed by atoms with Crippen molar-refractivity contribution in [1.82, 2.24) is 9.55 Å². The van der Waals surface area contributed by atoms with Crippen LogP contribution >= 0.6 is 0 Å². The average molecular weight is 623 g/mol. The number of para-hydroxylation sites is 2. The largest absolute Gasteiger partial charge is 0.327 e. The lowest BCUT2D eigenvalue weighted by atomic mass is 9.69. The molecular formula is C47H30N2. The average Bonchev–Trinajstić information content (AvgIpc) is 3.78. The maximum atomic E-state index is 4.99. The molecule has 1 spiro atoms. The summed E-state index contributed by atoms with van der Waals surface area (Å²) in [6.07, 6.45) is 0. The summed E-state index contributed by atoms with van der Waals surface area (Å²) in [6.45, 7) is 0. The molecule has 0 N–H and O–H groups in total. The van der Waals surface area contributed by atoms with Crippen LogP contribution in [0, 0.1) is 0 Å². The molecule has 0 aliphatic heterocycles. The second-order valence-electron chi connectivity index (χ2n) is 13.5. The van der Waals surface area contributed by atoms with Gasteiger partial charge >= 0.3 is 0 Å². The Hall–Kier alpha value is -6.25. The number of imidazole rings is 1. The summed E-state index contributed by atoms with van der Waals surface area (Å²) in [5, 5.41) is 5.15. The Labute approximate surface area is 284 Å². The van der Waals surface area contributed by atoms with Crippen LogP contribution in [0.3, 0.4) is 0 Å². The topological polar surface area (TPSA) is 17.8 Å². The molecule has 11 rings (SSSR count). The Bertz CT molecular complexity index is 2810. The van der Waals surface area contributed by atoms with Crippen LogP contribution in [0.2, 0.25) is 0 Å². The van der Waals surface area contributed by atoms with Gasteiger partial charge in [0.1, 0.15) is 5.82 Å². The highest BCUT2D eigenvalue weighted by Crippen LogP contribution is 2.65. The molecule has 9 aromatic rings. The van der Waals surface area contributed by atoms with Gasteiger partial charge in [-0.3, -0.25) is 0 Å². The van der Waals surface area contributed by atoms with E-state index in [1.807, 2.05) is 0 Å². The van der Waals surface area contributed by atoms with Crippen LogP contribution in [0.15, 0.2) is 164 Å². The summed E-state index contributed by atoms with van der Waals surface area (Å²) in [5.74, 6) is 0.979. The first-order valence-electron chi connectivity index (χ1n) is 17.0. The molecule has 0 saturated carbocycles. The smallest absolute Gasteiger partial charge is 0.140 e. The fourth-order valence-electron chi connectivity index (χ4n) is 9.17. The van der Waals surface area contributed by atoms with E-state index in [4.69, 9.17) is 4.98 Å². The van der Waals surface area contributed by atoms with Gasteiger partial charge in [-0.15, -0.1) is 0 Å². The number of nitrogens with zero attached hydrogens (tertiary/aromatic N) is 2. The summed E-state index contributed by atoms with van der Waals surface area (Å²) in [5.41, 5.74) is 16.1. The molecule has 2 aliphatic rings. The van der Waals surface area contributed by atoms with Crippen molar-refractivity contribution in [2.75, 3.05) is 0 Å². The Balaban J connectivity index is 1.17. The predicted molar refractivity (Wildman–Crippen MR) is 203 cm³/mol. The number of benzene rings is 8. The third kappa shape index (κ3) is 3.43. The van der Waals surface area contributed by atoms with Crippen LogP contribution in [0.5, 0.6) is 0 Å². The molecule has 0 unspecified atom stereocenters. The highest BCUT2D eigenvalue weighted by atomic mass is 15.1. The van der Waals surface area contributed by atoms with Crippen molar-refractivity contribution in [2.45, 2.75) is 5.41 Å². The number of hydrogen-bond acceptors (Lipinski definition) is 1. The minimum Gasteiger partial charge on any atom is -0.327 e. The molecule has 1 aromatic heterocycles. The van der Waals surface area contributed by atoms with Gasteiger partial charge in [-0.2, -0.15) is 0 Å². The van der Waals surface area contributed by atoms with Crippen molar-refractivity contribution < 1.29 is 0 Å². The fourth-order valence-corrected chi connectivity index (χ4v) is 9.17. The van der Waals surface area contributed by atoms with Gasteiger partial charge in [0.05, 0.1) is 16.4 Å². The zero-order valence-corrected chi connectivity index (χ0v) is 27.0. The van der Waals surface area contributed by atoms with E-state index >= 15 is 0 Å². The van der Waals surface area contributed by atoms with Crippen LogP contribution in [-0.2, 0) is 12.5 Å². The molecule has 49 heavy (non-hydrogen) atoms. The molecule has 0 fully saturated rings. The van der Waals surface area contributed by atoms with Gasteiger partial charge in [-0.25, -0.2) is 4.98 Å². The Morgan fingerprint density at radius 3 is 2.00 bits per heavy atom. The van der Waals surface area contributed by atoms with Gasteiger partial charge in [-0.05, 0) is 101 Å². The minimum absolute atomic E-state index is 0.400. The first-order chi connectivity index (χ1) is 24.2. The number of aromatic nitrogens is 2. The third-order valence-corrected chi connectivity index (χ3v) is 11.2. The summed E-state index contributed by atoms with van der Waals surface area (Å²) in [6, 6.07) is 60.7. The summed E-state index contributed by atoms with van der Waals surface area (Å²) < 4.78 is 2.19. The Morgan fingerprint density at radius 2 is 1.16 bits per heavy atom. The molecule has 0 radical (unpaired) electrons. The summed E-state index contributed by atoms with van der Waals surface area (Å²) >= 11 is 0. The van der Waals surface area contributed by atoms with E-state index in [9.17, 15) is 0 Å². The molecule has 2 heteroatoms. The van der Waals surface area contributed by atoms with Crippen molar-refractivity contribution in [2.24, 2.45) is 7.05 Å². The maximum absolute atomic E-state index is 4.99. The second kappa shape index (κ2) is 9.65. The molecular weight excluding hydrogens is 593 g/mol. The van der Waals surface area contributed by atoms with E-state index in [0.29, 0.717) is 0 Å². The summed E-state index contributed by atoms with van der Waals surface area (Å²) in [7, 11) is 2.10. The molecule has 228 valence electrons. The number of fused-ring (bicyclic) bond motifs is 15. The second-order valence-corrected chi connectivity index (χ2v) is 13.5. The maximum Gasteiger partial charge on any atom is 0.140 e. The number of aryl methyl sites for hydroxylation is 1. The first kappa shape index (κ1) is 26.8. The van der Waals surface area contributed by atoms with Crippen molar-refractivity contribution >= 4 is 32.6 Å². The molecule has 0 saturated heterocycles. The van der Waals surface area contributed by atoms with Gasteiger partial charge in [0.2, 0.25) is 0 Å². The molecule has 1 heterocycles. The standard InChI is InChI=1S/C47H30N2/c1-49-43-20-9-8-19-42(43)48-46(49)33-13-10-12-30(28-33)31-21-24-35-32(27-31)22-25-38-44-34-14-3-2-11-29(34)23-26-41(44)47(45(35)38)39-17-6-4-15-36(39)37-16-5-7-18-40(37)47/h2-28H,1H3. The van der Waals surface area contributed by atoms with Crippen molar-refractivity contribution in [1.29, 1.82) is 0 Å². The van der Waals surface area contributed by atoms with Gasteiger partial charge < -0.3 is 4.57 Å². The quantitative estimate of drug-likeness (QED) is 0.188. The van der Waals surface area contributed by atoms with Gasteiger partial charge in [-0.1, -0.05) is 140 Å². The van der Waals surface area contributed by atoms with Crippen molar-refractivity contribution in [3.8, 4) is 44.8 Å². The Kier molecular flexibility index (Phi) is 5.28. The van der Waals surface area contributed by atoms with Gasteiger partial charge in [0, 0.05) is 12.6 Å². The van der Waals surface area contributed by atoms with E-state index in [1.165, 1.54) is 77.2 Å². The molecule has 2 aliphatic carbocycles. The normalized spacial score (nSPS) is 13.6. The first-order valence-corrected chi connectivity index (χ1v) is 17.0. The SMILES string of the molecule is Cn1c(-c2cccc(-c3ccc4c5c(ccc4c3)-c3c(ccc4ccccc34)C53c4ccccc4-c4ccccc43)c2)nc2ccccc21. The van der Waals surface area contributed by atoms with Crippen LogP contribution < -0.4 is 0 Å². The Morgan fingerprint density at radius 1 is 0.469 bits per heavy atom. The molecule has 8 aromatic carbocycles. The zero-order chi connectivity index (χ0) is 32.3. The van der Waals surface area contributed by atoms with E-state index < -0.39 is 5.41 Å². The zero-order valence-electron chi connectivity index (χ0n) is 27.0. The van der Waals surface area contributed by atoms with E-state index in [-0.39, 0.29) is 0 Å². The van der Waals surface area contributed by atoms with Crippen LogP contribution in [0.25, 0.3) is 77.3 Å². The van der Waals surface area contributed by atoms with E-state index in [2.05, 4.69) is 175 Å². The lowest BCUT2D eigenvalue weighted by Gasteiger charge is -2.31. The lowest BCUT2D eigenvalue weighted by Crippen LogP contribution is -2.26. The molecule has 0 bridgehead atoms. The van der Waals surface area contributed by atoms with Crippen molar-refractivity contribution in [3.63, 3.8) is 0 Å². The van der Waals surface area contributed by atoms with E-state index in [0.717, 1.165) is 22.4 Å². The molecule has 0 atom stereocenters. The molecule has 0 amide bonds. The van der Waals surface area contributed by atoms with Crippen LogP contribution in [0.1, 0.15) is 22.3 Å². The van der Waals surface area contributed by atoms with Crippen molar-refractivity contribution in [3.05, 3.63) is 186 Å². The van der Waals surface area contributed by atoms with Crippen LogP contribution in [0.4, 0.5) is 0 Å². The monoisotopic (exact) mass is 622 g/mol. The number of hydrogen-bond donors (Lipinski definition) is 0. The fraction of sp³-hybridized carbons (Fsp3) is 0.0426.